The number of hydrogen-bond acceptors (Lipinski definition) is 3. The minimum absolute atomic E-state index is 0.254. The van der Waals surface area contributed by atoms with Crippen molar-refractivity contribution in [3.05, 3.63) is 23.3 Å². The van der Waals surface area contributed by atoms with E-state index in [0.717, 1.165) is 48.9 Å². The Hall–Kier alpha value is -1.22. The summed E-state index contributed by atoms with van der Waals surface area (Å²) < 4.78 is 5.49. The number of carbonyl (C=O) groups excluding carboxylic acids is 2. The van der Waals surface area contributed by atoms with Gasteiger partial charge in [-0.15, -0.1) is 0 Å². The highest BCUT2D eigenvalue weighted by atomic mass is 16.5. The second-order valence-corrected chi connectivity index (χ2v) is 11.1. The van der Waals surface area contributed by atoms with E-state index in [1.807, 2.05) is 13.0 Å². The van der Waals surface area contributed by atoms with Crippen LogP contribution in [0.25, 0.3) is 0 Å². The van der Waals surface area contributed by atoms with Gasteiger partial charge in [0, 0.05) is 18.6 Å². The van der Waals surface area contributed by atoms with Crippen LogP contribution in [0.4, 0.5) is 0 Å². The number of allylic oxidation sites excluding steroid dienone is 2. The number of carbonyl (C=O) groups is 2. The first-order chi connectivity index (χ1) is 14.3. The van der Waals surface area contributed by atoms with Crippen molar-refractivity contribution in [3.63, 3.8) is 0 Å². The molecule has 0 spiro atoms. The quantitative estimate of drug-likeness (QED) is 0.401. The van der Waals surface area contributed by atoms with E-state index >= 15 is 0 Å². The van der Waals surface area contributed by atoms with Crippen LogP contribution in [0.3, 0.4) is 0 Å². The molecule has 0 radical (unpaired) electrons. The standard InChI is InChI=1S/C27H40O3/c1-5-30-17-19(16-28)14-18(2)23-8-9-24-22-7-6-20-15-21(29)10-12-26(20,3)25(22)11-13-27(23,24)4/h14-16,18,22-25H,5-13,17H2,1-4H3/b19-14+/t18-,22?,23-,24?,25?,26+,27-/m1/s1. The molecule has 0 N–H and O–H groups in total. The van der Waals surface area contributed by atoms with E-state index in [-0.39, 0.29) is 5.41 Å². The summed E-state index contributed by atoms with van der Waals surface area (Å²) in [6.45, 7) is 10.4. The van der Waals surface area contributed by atoms with Crippen LogP contribution >= 0.6 is 0 Å². The van der Waals surface area contributed by atoms with Crippen molar-refractivity contribution in [2.45, 2.75) is 79.1 Å². The third-order valence-corrected chi connectivity index (χ3v) is 9.77. The van der Waals surface area contributed by atoms with Gasteiger partial charge >= 0.3 is 0 Å². The van der Waals surface area contributed by atoms with Crippen LogP contribution in [0, 0.1) is 40.4 Å². The van der Waals surface area contributed by atoms with Crippen LogP contribution < -0.4 is 0 Å². The van der Waals surface area contributed by atoms with Gasteiger partial charge in [0.15, 0.2) is 5.78 Å². The maximum Gasteiger partial charge on any atom is 0.155 e. The number of hydrogen-bond donors (Lipinski definition) is 0. The van der Waals surface area contributed by atoms with E-state index in [2.05, 4.69) is 26.8 Å². The highest BCUT2D eigenvalue weighted by Crippen LogP contribution is 2.67. The largest absolute Gasteiger partial charge is 0.377 e. The Balaban J connectivity index is 1.54. The van der Waals surface area contributed by atoms with Crippen molar-refractivity contribution in [2.24, 2.45) is 40.4 Å². The molecule has 4 aliphatic carbocycles. The van der Waals surface area contributed by atoms with Gasteiger partial charge in [-0.2, -0.15) is 0 Å². The molecule has 0 aromatic rings. The summed E-state index contributed by atoms with van der Waals surface area (Å²) in [5.74, 6) is 3.75. The third-order valence-electron chi connectivity index (χ3n) is 9.77. The molecule has 3 fully saturated rings. The second kappa shape index (κ2) is 8.37. The Morgan fingerprint density at radius 3 is 2.70 bits per heavy atom. The van der Waals surface area contributed by atoms with Crippen LogP contribution in [0.2, 0.25) is 0 Å². The summed E-state index contributed by atoms with van der Waals surface area (Å²) in [5, 5.41) is 0. The van der Waals surface area contributed by atoms with Gasteiger partial charge < -0.3 is 4.74 Å². The zero-order chi connectivity index (χ0) is 21.5. The Morgan fingerprint density at radius 2 is 1.97 bits per heavy atom. The van der Waals surface area contributed by atoms with Crippen molar-refractivity contribution < 1.29 is 14.3 Å². The number of ether oxygens (including phenoxy) is 1. The summed E-state index contributed by atoms with van der Waals surface area (Å²) in [6.07, 6.45) is 14.6. The third kappa shape index (κ3) is 3.55. The zero-order valence-electron chi connectivity index (χ0n) is 19.4. The van der Waals surface area contributed by atoms with E-state index < -0.39 is 0 Å². The Labute approximate surface area is 182 Å². The molecule has 0 heterocycles. The van der Waals surface area contributed by atoms with Gasteiger partial charge in [-0.25, -0.2) is 0 Å². The fourth-order valence-electron chi connectivity index (χ4n) is 8.26. The summed E-state index contributed by atoms with van der Waals surface area (Å²) in [4.78, 5) is 23.6. The zero-order valence-corrected chi connectivity index (χ0v) is 19.4. The summed E-state index contributed by atoms with van der Waals surface area (Å²) in [7, 11) is 0. The van der Waals surface area contributed by atoms with Gasteiger partial charge in [0.1, 0.15) is 6.29 Å². The van der Waals surface area contributed by atoms with E-state index in [0.29, 0.717) is 36.2 Å². The molecule has 4 aliphatic rings. The highest BCUT2D eigenvalue weighted by Gasteiger charge is 2.59. The smallest absolute Gasteiger partial charge is 0.155 e. The molecule has 3 nitrogen and oxygen atoms in total. The van der Waals surface area contributed by atoms with Crippen molar-refractivity contribution in [2.75, 3.05) is 13.2 Å². The number of rotatable bonds is 6. The molecule has 3 saturated carbocycles. The first kappa shape index (κ1) is 22.0. The molecule has 0 aliphatic heterocycles. The summed E-state index contributed by atoms with van der Waals surface area (Å²) in [6, 6.07) is 0. The molecule has 30 heavy (non-hydrogen) atoms. The van der Waals surface area contributed by atoms with Gasteiger partial charge in [0.2, 0.25) is 0 Å². The summed E-state index contributed by atoms with van der Waals surface area (Å²) in [5.41, 5.74) is 2.89. The van der Waals surface area contributed by atoms with Crippen LogP contribution in [0.5, 0.6) is 0 Å². The summed E-state index contributed by atoms with van der Waals surface area (Å²) >= 11 is 0. The first-order valence-electron chi connectivity index (χ1n) is 12.3. The lowest BCUT2D eigenvalue weighted by atomic mass is 9.46. The average Bonchev–Trinajstić information content (AvgIpc) is 3.08. The number of aldehydes is 1. The SMILES string of the molecule is CCOC/C(C=O)=C/[C@@H](C)[C@H]1CCC2C3CCC4=CC(=O)CC[C@]4(C)C3CC[C@@]21C. The van der Waals surface area contributed by atoms with Crippen LogP contribution in [-0.4, -0.2) is 25.3 Å². The molecule has 7 atom stereocenters. The van der Waals surface area contributed by atoms with Crippen molar-refractivity contribution in [1.82, 2.24) is 0 Å². The van der Waals surface area contributed by atoms with E-state index in [1.165, 1.54) is 37.7 Å². The average molecular weight is 413 g/mol. The highest BCUT2D eigenvalue weighted by molar-refractivity contribution is 5.91. The van der Waals surface area contributed by atoms with Crippen molar-refractivity contribution >= 4 is 12.1 Å². The fraction of sp³-hybridized carbons (Fsp3) is 0.778. The minimum Gasteiger partial charge on any atom is -0.377 e. The lowest BCUT2D eigenvalue weighted by molar-refractivity contribution is -0.117. The van der Waals surface area contributed by atoms with Gasteiger partial charge in [0.25, 0.3) is 0 Å². The molecule has 166 valence electrons. The predicted molar refractivity (Wildman–Crippen MR) is 120 cm³/mol. The lowest BCUT2D eigenvalue weighted by Crippen LogP contribution is -2.50. The number of fused-ring (bicyclic) bond motifs is 5. The Kier molecular flexibility index (Phi) is 6.14. The van der Waals surface area contributed by atoms with Crippen LogP contribution in [0.15, 0.2) is 23.3 Å². The van der Waals surface area contributed by atoms with Gasteiger partial charge in [-0.1, -0.05) is 32.4 Å². The van der Waals surface area contributed by atoms with Gasteiger partial charge in [-0.3, -0.25) is 9.59 Å². The predicted octanol–water partition coefficient (Wildman–Crippen LogP) is 5.93. The minimum atomic E-state index is 0.254. The maximum absolute atomic E-state index is 12.0. The van der Waals surface area contributed by atoms with Crippen LogP contribution in [-0.2, 0) is 14.3 Å². The van der Waals surface area contributed by atoms with E-state index in [4.69, 9.17) is 4.74 Å². The van der Waals surface area contributed by atoms with Gasteiger partial charge in [-0.05, 0) is 98.4 Å². The molecule has 0 amide bonds. The van der Waals surface area contributed by atoms with Crippen molar-refractivity contribution in [3.8, 4) is 0 Å². The first-order valence-corrected chi connectivity index (χ1v) is 12.3. The van der Waals surface area contributed by atoms with Crippen molar-refractivity contribution in [1.29, 1.82) is 0 Å². The van der Waals surface area contributed by atoms with E-state index in [1.54, 1.807) is 0 Å². The molecule has 0 aromatic heterocycles. The Bertz CT molecular complexity index is 749. The van der Waals surface area contributed by atoms with Crippen LogP contribution in [0.1, 0.15) is 79.1 Å². The molecular weight excluding hydrogens is 372 g/mol. The molecule has 0 aromatic carbocycles. The molecule has 4 rings (SSSR count). The van der Waals surface area contributed by atoms with E-state index in [9.17, 15) is 9.59 Å². The molecule has 3 unspecified atom stereocenters. The number of ketones is 1. The fourth-order valence-corrected chi connectivity index (χ4v) is 8.26. The lowest BCUT2D eigenvalue weighted by Gasteiger charge is -2.58. The topological polar surface area (TPSA) is 43.4 Å². The normalized spacial score (nSPS) is 42.1. The second-order valence-electron chi connectivity index (χ2n) is 11.1. The molecule has 0 saturated heterocycles. The Morgan fingerprint density at radius 1 is 1.17 bits per heavy atom. The molecule has 0 bridgehead atoms. The monoisotopic (exact) mass is 412 g/mol. The maximum atomic E-state index is 12.0. The molecule has 3 heteroatoms. The molecular formula is C27H40O3. The van der Waals surface area contributed by atoms with Gasteiger partial charge in [0.05, 0.1) is 6.61 Å².